The number of carbonyl (C=O) groups excluding carboxylic acids is 2. The second-order valence-electron chi connectivity index (χ2n) is 6.81. The summed E-state index contributed by atoms with van der Waals surface area (Å²) in [6, 6.07) is -0.269. The van der Waals surface area contributed by atoms with E-state index in [1.807, 2.05) is 4.90 Å². The van der Waals surface area contributed by atoms with Crippen molar-refractivity contribution in [3.8, 4) is 0 Å². The van der Waals surface area contributed by atoms with E-state index >= 15 is 0 Å². The van der Waals surface area contributed by atoms with Gasteiger partial charge in [0.15, 0.2) is 5.82 Å². The van der Waals surface area contributed by atoms with E-state index in [2.05, 4.69) is 10.1 Å². The molecule has 0 N–H and O–H groups in total. The maximum atomic E-state index is 13.1. The molecule has 1 unspecified atom stereocenters. The van der Waals surface area contributed by atoms with Crippen molar-refractivity contribution in [2.24, 2.45) is 5.92 Å². The van der Waals surface area contributed by atoms with Crippen molar-refractivity contribution in [3.05, 3.63) is 11.7 Å². The smallest absolute Gasteiger partial charge is 0.249 e. The predicted molar refractivity (Wildman–Crippen MR) is 88.5 cm³/mol. The van der Waals surface area contributed by atoms with Crippen LogP contribution in [0.5, 0.6) is 0 Å². The molecule has 1 aliphatic carbocycles. The summed E-state index contributed by atoms with van der Waals surface area (Å²) in [6.45, 7) is 3.35. The van der Waals surface area contributed by atoms with Crippen LogP contribution >= 0.6 is 0 Å². The van der Waals surface area contributed by atoms with Crippen LogP contribution in [0.2, 0.25) is 0 Å². The maximum absolute atomic E-state index is 13.1. The number of amides is 2. The van der Waals surface area contributed by atoms with Crippen molar-refractivity contribution in [1.29, 1.82) is 0 Å². The van der Waals surface area contributed by atoms with E-state index in [9.17, 15) is 9.59 Å². The van der Waals surface area contributed by atoms with Crippen LogP contribution < -0.4 is 0 Å². The molecule has 0 radical (unpaired) electrons. The van der Waals surface area contributed by atoms with Gasteiger partial charge < -0.3 is 19.1 Å². The van der Waals surface area contributed by atoms with Crippen molar-refractivity contribution in [2.75, 3.05) is 33.4 Å². The summed E-state index contributed by atoms with van der Waals surface area (Å²) in [5, 5.41) is 3.87. The molecule has 8 heteroatoms. The molecule has 138 valence electrons. The number of nitrogens with zero attached hydrogens (tertiary/aromatic N) is 4. The van der Waals surface area contributed by atoms with Gasteiger partial charge >= 0.3 is 0 Å². The molecule has 2 heterocycles. The summed E-state index contributed by atoms with van der Waals surface area (Å²) in [5.74, 6) is 1.19. The van der Waals surface area contributed by atoms with Crippen LogP contribution in [0.25, 0.3) is 0 Å². The molecule has 8 nitrogen and oxygen atoms in total. The maximum Gasteiger partial charge on any atom is 0.249 e. The zero-order valence-corrected chi connectivity index (χ0v) is 14.9. The van der Waals surface area contributed by atoms with Crippen LogP contribution in [0.15, 0.2) is 4.52 Å². The monoisotopic (exact) mass is 350 g/mol. The van der Waals surface area contributed by atoms with Crippen LogP contribution in [0.1, 0.15) is 49.9 Å². The largest absolute Gasteiger partial charge is 0.375 e. The third kappa shape index (κ3) is 4.00. The van der Waals surface area contributed by atoms with Gasteiger partial charge in [-0.2, -0.15) is 4.98 Å². The number of hydrogen-bond donors (Lipinski definition) is 0. The zero-order valence-electron chi connectivity index (χ0n) is 14.9. The summed E-state index contributed by atoms with van der Waals surface area (Å²) in [4.78, 5) is 33.2. The molecule has 0 aromatic carbocycles. The molecule has 1 saturated carbocycles. The topological polar surface area (TPSA) is 88.8 Å². The standard InChI is InChI=1S/C17H26N4O4/c1-12-18-16(25-19-12)14-7-8-20(15(22)11-24-2)9-10-21(14)17(23)13-5-3-4-6-13/h13-14H,3-11H2,1-2H3. The van der Waals surface area contributed by atoms with Gasteiger partial charge in [0, 0.05) is 32.7 Å². The summed E-state index contributed by atoms with van der Waals surface area (Å²) < 4.78 is 10.3. The molecule has 2 aliphatic rings. The molecule has 1 aromatic rings. The average Bonchev–Trinajstić information content (AvgIpc) is 3.22. The van der Waals surface area contributed by atoms with Gasteiger partial charge in [0.05, 0.1) is 0 Å². The predicted octanol–water partition coefficient (Wildman–Crippen LogP) is 1.32. The Morgan fingerprint density at radius 2 is 1.96 bits per heavy atom. The number of rotatable bonds is 4. The van der Waals surface area contributed by atoms with E-state index < -0.39 is 0 Å². The van der Waals surface area contributed by atoms with Gasteiger partial charge in [0.1, 0.15) is 12.6 Å². The molecule has 2 amide bonds. The highest BCUT2D eigenvalue weighted by Gasteiger charge is 2.37. The quantitative estimate of drug-likeness (QED) is 0.814. The highest BCUT2D eigenvalue weighted by Crippen LogP contribution is 2.32. The number of hydrogen-bond acceptors (Lipinski definition) is 6. The third-order valence-corrected chi connectivity index (χ3v) is 5.10. The minimum absolute atomic E-state index is 0.0565. The molecule has 1 aromatic heterocycles. The SMILES string of the molecule is COCC(=O)N1CCC(c2nc(C)no2)N(C(=O)C2CCCC2)CC1. The Hall–Kier alpha value is -1.96. The fourth-order valence-corrected chi connectivity index (χ4v) is 3.77. The van der Waals surface area contributed by atoms with E-state index in [-0.39, 0.29) is 30.4 Å². The Morgan fingerprint density at radius 1 is 1.20 bits per heavy atom. The molecular weight excluding hydrogens is 324 g/mol. The Bertz CT molecular complexity index is 612. The number of ether oxygens (including phenoxy) is 1. The molecule has 1 atom stereocenters. The first-order valence-corrected chi connectivity index (χ1v) is 8.97. The molecular formula is C17H26N4O4. The lowest BCUT2D eigenvalue weighted by molar-refractivity contribution is -0.139. The molecule has 3 rings (SSSR count). The molecule has 0 bridgehead atoms. The summed E-state index contributed by atoms with van der Waals surface area (Å²) in [6.07, 6.45) is 4.68. The van der Waals surface area contributed by atoms with Crippen molar-refractivity contribution >= 4 is 11.8 Å². The summed E-state index contributed by atoms with van der Waals surface area (Å²) in [7, 11) is 1.51. The van der Waals surface area contributed by atoms with E-state index in [0.29, 0.717) is 37.8 Å². The Labute approximate surface area is 147 Å². The third-order valence-electron chi connectivity index (χ3n) is 5.10. The van der Waals surface area contributed by atoms with E-state index in [0.717, 1.165) is 25.7 Å². The van der Waals surface area contributed by atoms with Gasteiger partial charge in [-0.15, -0.1) is 0 Å². The first-order chi connectivity index (χ1) is 12.1. The van der Waals surface area contributed by atoms with Gasteiger partial charge in [-0.1, -0.05) is 18.0 Å². The van der Waals surface area contributed by atoms with Gasteiger partial charge in [0.2, 0.25) is 17.7 Å². The second-order valence-corrected chi connectivity index (χ2v) is 6.81. The van der Waals surface area contributed by atoms with Crippen LogP contribution in [0.3, 0.4) is 0 Å². The Morgan fingerprint density at radius 3 is 2.60 bits per heavy atom. The van der Waals surface area contributed by atoms with E-state index in [1.165, 1.54) is 7.11 Å². The van der Waals surface area contributed by atoms with Crippen LogP contribution in [0.4, 0.5) is 0 Å². The van der Waals surface area contributed by atoms with Crippen LogP contribution in [0, 0.1) is 12.8 Å². The van der Waals surface area contributed by atoms with Crippen LogP contribution in [-0.4, -0.2) is 65.1 Å². The fourth-order valence-electron chi connectivity index (χ4n) is 3.77. The second kappa shape index (κ2) is 7.95. The highest BCUT2D eigenvalue weighted by atomic mass is 16.5. The average molecular weight is 350 g/mol. The van der Waals surface area contributed by atoms with Crippen molar-refractivity contribution in [3.63, 3.8) is 0 Å². The number of methoxy groups -OCH3 is 1. The lowest BCUT2D eigenvalue weighted by Crippen LogP contribution is -2.41. The van der Waals surface area contributed by atoms with Crippen LogP contribution in [-0.2, 0) is 14.3 Å². The first-order valence-electron chi connectivity index (χ1n) is 8.97. The number of carbonyl (C=O) groups is 2. The summed E-state index contributed by atoms with van der Waals surface area (Å²) in [5.41, 5.74) is 0. The molecule has 1 saturated heterocycles. The van der Waals surface area contributed by atoms with Crippen molar-refractivity contribution in [2.45, 2.75) is 45.1 Å². The van der Waals surface area contributed by atoms with Gasteiger partial charge in [-0.05, 0) is 26.2 Å². The van der Waals surface area contributed by atoms with E-state index in [4.69, 9.17) is 9.26 Å². The number of aromatic nitrogens is 2. The van der Waals surface area contributed by atoms with Crippen molar-refractivity contribution < 1.29 is 18.8 Å². The van der Waals surface area contributed by atoms with Gasteiger partial charge in [-0.3, -0.25) is 9.59 Å². The number of aryl methyl sites for hydroxylation is 1. The molecule has 25 heavy (non-hydrogen) atoms. The normalized spacial score (nSPS) is 22.2. The lowest BCUT2D eigenvalue weighted by Gasteiger charge is -2.29. The molecule has 0 spiro atoms. The minimum Gasteiger partial charge on any atom is -0.375 e. The first kappa shape index (κ1) is 17.8. The Balaban J connectivity index is 1.80. The van der Waals surface area contributed by atoms with Gasteiger partial charge in [-0.25, -0.2) is 0 Å². The fraction of sp³-hybridized carbons (Fsp3) is 0.765. The lowest BCUT2D eigenvalue weighted by atomic mass is 10.0. The van der Waals surface area contributed by atoms with Crippen molar-refractivity contribution in [1.82, 2.24) is 19.9 Å². The highest BCUT2D eigenvalue weighted by molar-refractivity contribution is 5.80. The molecule has 2 fully saturated rings. The Kier molecular flexibility index (Phi) is 5.67. The molecule has 1 aliphatic heterocycles. The van der Waals surface area contributed by atoms with Gasteiger partial charge in [0.25, 0.3) is 0 Å². The zero-order chi connectivity index (χ0) is 17.8. The summed E-state index contributed by atoms with van der Waals surface area (Å²) >= 11 is 0. The minimum atomic E-state index is -0.269. The van der Waals surface area contributed by atoms with E-state index in [1.54, 1.807) is 11.8 Å².